The first-order valence-corrected chi connectivity index (χ1v) is 4.09. The third-order valence-corrected chi connectivity index (χ3v) is 1.70. The molecule has 0 aromatic rings. The van der Waals surface area contributed by atoms with Crippen LogP contribution >= 0.6 is 34.8 Å². The van der Waals surface area contributed by atoms with Crippen molar-refractivity contribution in [3.63, 3.8) is 0 Å². The highest BCUT2D eigenvalue weighted by Crippen LogP contribution is 2.27. The lowest BCUT2D eigenvalue weighted by Crippen LogP contribution is -2.38. The van der Waals surface area contributed by atoms with Crippen LogP contribution in [0.5, 0.6) is 0 Å². The Morgan fingerprint density at radius 1 is 1.40 bits per heavy atom. The molecule has 0 atom stereocenters. The van der Waals surface area contributed by atoms with Crippen LogP contribution in [-0.2, 0) is 0 Å². The molecule has 0 aromatic heterocycles. The second-order valence-corrected chi connectivity index (χ2v) is 4.29. The van der Waals surface area contributed by atoms with Crippen LogP contribution < -0.4 is 5.32 Å². The Bertz CT molecular complexity index is 149. The summed E-state index contributed by atoms with van der Waals surface area (Å²) in [4.78, 5) is 4.01. The summed E-state index contributed by atoms with van der Waals surface area (Å²) >= 11 is 16.6. The van der Waals surface area contributed by atoms with Gasteiger partial charge in [0.1, 0.15) is 5.84 Å². The molecular formula is C5H7Cl3N2. The number of rotatable bonds is 0. The van der Waals surface area contributed by atoms with Crippen molar-refractivity contribution in [2.45, 2.75) is 10.2 Å². The monoisotopic (exact) mass is 200 g/mol. The highest BCUT2D eigenvalue weighted by molar-refractivity contribution is 6.76. The van der Waals surface area contributed by atoms with Crippen molar-refractivity contribution in [1.82, 2.24) is 5.32 Å². The summed E-state index contributed by atoms with van der Waals surface area (Å²) in [5.74, 6) is 0.462. The van der Waals surface area contributed by atoms with Crippen molar-refractivity contribution in [2.24, 2.45) is 4.99 Å². The molecule has 58 valence electrons. The quantitative estimate of drug-likeness (QED) is 0.593. The van der Waals surface area contributed by atoms with Crippen LogP contribution in [0, 0.1) is 0 Å². The Hall–Kier alpha value is 0.340. The lowest BCUT2D eigenvalue weighted by atomic mass is 10.4. The molecule has 10 heavy (non-hydrogen) atoms. The zero-order chi connectivity index (χ0) is 7.61. The van der Waals surface area contributed by atoms with Crippen LogP contribution in [0.25, 0.3) is 0 Å². The molecule has 0 bridgehead atoms. The maximum Gasteiger partial charge on any atom is 0.247 e. The molecule has 1 aliphatic rings. The number of amidine groups is 1. The molecule has 5 heteroatoms. The second-order valence-electron chi connectivity index (χ2n) is 2.01. The number of hydrogen-bond acceptors (Lipinski definition) is 2. The lowest BCUT2D eigenvalue weighted by Gasteiger charge is -2.19. The summed E-state index contributed by atoms with van der Waals surface area (Å²) in [6.45, 7) is 1.59. The van der Waals surface area contributed by atoms with E-state index in [9.17, 15) is 0 Å². The number of halogens is 3. The Balaban J connectivity index is 2.62. The van der Waals surface area contributed by atoms with Crippen molar-refractivity contribution in [2.75, 3.05) is 13.1 Å². The van der Waals surface area contributed by atoms with Crippen LogP contribution in [0.1, 0.15) is 6.42 Å². The largest absolute Gasteiger partial charge is 0.370 e. The molecule has 0 radical (unpaired) electrons. The van der Waals surface area contributed by atoms with Crippen LogP contribution in [0.2, 0.25) is 0 Å². The zero-order valence-electron chi connectivity index (χ0n) is 5.20. The minimum atomic E-state index is -1.37. The Kier molecular flexibility index (Phi) is 2.67. The zero-order valence-corrected chi connectivity index (χ0v) is 7.47. The first-order valence-electron chi connectivity index (χ1n) is 2.96. The summed E-state index contributed by atoms with van der Waals surface area (Å²) < 4.78 is -1.37. The molecule has 0 saturated carbocycles. The van der Waals surface area contributed by atoms with Gasteiger partial charge in [0, 0.05) is 13.1 Å². The van der Waals surface area contributed by atoms with Crippen LogP contribution in [0.4, 0.5) is 0 Å². The maximum absolute atomic E-state index is 5.55. The minimum Gasteiger partial charge on any atom is -0.370 e. The third kappa shape index (κ3) is 2.19. The first-order chi connectivity index (χ1) is 4.61. The minimum absolute atomic E-state index is 0.462. The van der Waals surface area contributed by atoms with Crippen molar-refractivity contribution in [1.29, 1.82) is 0 Å². The summed E-state index contributed by atoms with van der Waals surface area (Å²) in [5.41, 5.74) is 0. The molecule has 0 spiro atoms. The fraction of sp³-hybridized carbons (Fsp3) is 0.800. The van der Waals surface area contributed by atoms with E-state index in [1.807, 2.05) is 0 Å². The van der Waals surface area contributed by atoms with Gasteiger partial charge in [-0.1, -0.05) is 34.8 Å². The fourth-order valence-electron chi connectivity index (χ4n) is 0.722. The fourth-order valence-corrected chi connectivity index (χ4v) is 1.10. The average molecular weight is 201 g/mol. The van der Waals surface area contributed by atoms with Gasteiger partial charge >= 0.3 is 0 Å². The van der Waals surface area contributed by atoms with Crippen LogP contribution in [-0.4, -0.2) is 22.7 Å². The highest BCUT2D eigenvalue weighted by Gasteiger charge is 2.28. The van der Waals surface area contributed by atoms with Gasteiger partial charge in [0.2, 0.25) is 3.79 Å². The van der Waals surface area contributed by atoms with Gasteiger partial charge in [-0.3, -0.25) is 4.99 Å². The Morgan fingerprint density at radius 2 is 2.10 bits per heavy atom. The molecule has 1 rings (SSSR count). The Morgan fingerprint density at radius 3 is 2.40 bits per heavy atom. The van der Waals surface area contributed by atoms with Gasteiger partial charge < -0.3 is 5.32 Å². The number of alkyl halides is 3. The van der Waals surface area contributed by atoms with E-state index >= 15 is 0 Å². The van der Waals surface area contributed by atoms with Gasteiger partial charge in [0.15, 0.2) is 0 Å². The van der Waals surface area contributed by atoms with Crippen molar-refractivity contribution in [3.8, 4) is 0 Å². The average Bonchev–Trinajstić information content (AvgIpc) is 1.88. The SMILES string of the molecule is ClC(Cl)(Cl)C1=NCCCN1. The van der Waals surface area contributed by atoms with Gasteiger partial charge in [-0.25, -0.2) is 0 Å². The van der Waals surface area contributed by atoms with Gasteiger partial charge in [0.25, 0.3) is 0 Å². The van der Waals surface area contributed by atoms with E-state index in [1.54, 1.807) is 0 Å². The molecule has 0 amide bonds. The normalized spacial score (nSPS) is 19.7. The number of nitrogens with one attached hydrogen (secondary N) is 1. The second kappa shape index (κ2) is 3.16. The standard InChI is InChI=1S/C5H7Cl3N2/c6-5(7,8)4-9-2-1-3-10-4/h1-3H2,(H,9,10). The third-order valence-electron chi connectivity index (χ3n) is 1.17. The van der Waals surface area contributed by atoms with E-state index in [-0.39, 0.29) is 0 Å². The van der Waals surface area contributed by atoms with E-state index in [4.69, 9.17) is 34.8 Å². The molecule has 1 N–H and O–H groups in total. The molecule has 2 nitrogen and oxygen atoms in total. The summed E-state index contributed by atoms with van der Waals surface area (Å²) in [6.07, 6.45) is 1.00. The van der Waals surface area contributed by atoms with Gasteiger partial charge in [0.05, 0.1) is 0 Å². The van der Waals surface area contributed by atoms with E-state index in [1.165, 1.54) is 0 Å². The molecule has 0 unspecified atom stereocenters. The summed E-state index contributed by atoms with van der Waals surface area (Å²) in [5, 5.41) is 2.91. The predicted octanol–water partition coefficient (Wildman–Crippen LogP) is 1.75. The molecule has 0 aromatic carbocycles. The van der Waals surface area contributed by atoms with Crippen LogP contribution in [0.3, 0.4) is 0 Å². The first kappa shape index (κ1) is 8.44. The van der Waals surface area contributed by atoms with E-state index < -0.39 is 3.79 Å². The van der Waals surface area contributed by atoms with E-state index in [0.717, 1.165) is 19.5 Å². The van der Waals surface area contributed by atoms with E-state index in [0.29, 0.717) is 5.84 Å². The number of hydrogen-bond donors (Lipinski definition) is 1. The van der Waals surface area contributed by atoms with Crippen LogP contribution in [0.15, 0.2) is 4.99 Å². The van der Waals surface area contributed by atoms with Crippen molar-refractivity contribution in [3.05, 3.63) is 0 Å². The molecule has 1 heterocycles. The molecule has 0 fully saturated rings. The van der Waals surface area contributed by atoms with Gasteiger partial charge in [-0.05, 0) is 6.42 Å². The van der Waals surface area contributed by atoms with Gasteiger partial charge in [-0.15, -0.1) is 0 Å². The maximum atomic E-state index is 5.55. The number of aliphatic imine (C=N–C) groups is 1. The topological polar surface area (TPSA) is 24.4 Å². The molecular weight excluding hydrogens is 194 g/mol. The summed E-state index contributed by atoms with van der Waals surface area (Å²) in [7, 11) is 0. The van der Waals surface area contributed by atoms with Gasteiger partial charge in [-0.2, -0.15) is 0 Å². The van der Waals surface area contributed by atoms with E-state index in [2.05, 4.69) is 10.3 Å². The van der Waals surface area contributed by atoms with Crippen molar-refractivity contribution >= 4 is 40.6 Å². The molecule has 0 saturated heterocycles. The lowest BCUT2D eigenvalue weighted by molar-refractivity contribution is 0.734. The molecule has 0 aliphatic carbocycles. The number of nitrogens with zero attached hydrogens (tertiary/aromatic N) is 1. The Labute approximate surface area is 74.5 Å². The van der Waals surface area contributed by atoms with Crippen molar-refractivity contribution < 1.29 is 0 Å². The summed E-state index contributed by atoms with van der Waals surface area (Å²) in [6, 6.07) is 0. The predicted molar refractivity (Wildman–Crippen MR) is 45.2 cm³/mol. The highest BCUT2D eigenvalue weighted by atomic mass is 35.6. The smallest absolute Gasteiger partial charge is 0.247 e. The molecule has 1 aliphatic heterocycles.